The Morgan fingerprint density at radius 2 is 2.17 bits per heavy atom. The summed E-state index contributed by atoms with van der Waals surface area (Å²) >= 11 is 0. The molecular weight excluding hydrogens is 238 g/mol. The number of nitrogens with one attached hydrogen (secondary N) is 2. The van der Waals surface area contributed by atoms with E-state index < -0.39 is 17.4 Å². The third-order valence-electron chi connectivity index (χ3n) is 2.31. The van der Waals surface area contributed by atoms with Gasteiger partial charge in [-0.05, 0) is 20.3 Å². The first-order valence-corrected chi connectivity index (χ1v) is 5.65. The van der Waals surface area contributed by atoms with E-state index in [4.69, 9.17) is 5.11 Å². The highest BCUT2D eigenvalue weighted by atomic mass is 16.3. The molecule has 1 amide bonds. The number of hydrogen-bond acceptors (Lipinski definition) is 4. The Morgan fingerprint density at radius 1 is 1.50 bits per heavy atom. The van der Waals surface area contributed by atoms with Crippen molar-refractivity contribution in [3.8, 4) is 0 Å². The number of hydrogen-bond donors (Lipinski definition) is 3. The minimum Gasteiger partial charge on any atom is -0.393 e. The summed E-state index contributed by atoms with van der Waals surface area (Å²) in [5.41, 5.74) is -1.13. The van der Waals surface area contributed by atoms with E-state index in [9.17, 15) is 14.4 Å². The predicted molar refractivity (Wildman–Crippen MR) is 65.2 cm³/mol. The third kappa shape index (κ3) is 4.54. The molecule has 100 valence electrons. The fourth-order valence-electron chi connectivity index (χ4n) is 1.61. The fourth-order valence-corrected chi connectivity index (χ4v) is 1.61. The summed E-state index contributed by atoms with van der Waals surface area (Å²) in [6, 6.07) is 0.990. The second kappa shape index (κ2) is 6.15. The molecule has 0 spiro atoms. The van der Waals surface area contributed by atoms with Crippen LogP contribution in [0.2, 0.25) is 0 Å². The molecule has 0 aliphatic rings. The predicted octanol–water partition coefficient (Wildman–Crippen LogP) is -1.19. The molecule has 2 unspecified atom stereocenters. The van der Waals surface area contributed by atoms with Crippen LogP contribution in [-0.4, -0.2) is 32.7 Å². The van der Waals surface area contributed by atoms with Gasteiger partial charge >= 0.3 is 5.69 Å². The van der Waals surface area contributed by atoms with E-state index in [1.165, 1.54) is 12.3 Å². The van der Waals surface area contributed by atoms with Crippen LogP contribution in [0, 0.1) is 0 Å². The van der Waals surface area contributed by atoms with E-state index in [1.807, 2.05) is 0 Å². The highest BCUT2D eigenvalue weighted by Crippen LogP contribution is 1.96. The highest BCUT2D eigenvalue weighted by Gasteiger charge is 2.10. The topological polar surface area (TPSA) is 104 Å². The quantitative estimate of drug-likeness (QED) is 0.615. The summed E-state index contributed by atoms with van der Waals surface area (Å²) in [6.07, 6.45) is 1.20. The van der Waals surface area contributed by atoms with Crippen LogP contribution in [0.5, 0.6) is 0 Å². The molecule has 3 N–H and O–H groups in total. The van der Waals surface area contributed by atoms with Crippen LogP contribution in [-0.2, 0) is 11.3 Å². The minimum absolute atomic E-state index is 0.167. The van der Waals surface area contributed by atoms with Crippen LogP contribution in [0.4, 0.5) is 0 Å². The van der Waals surface area contributed by atoms with E-state index in [-0.39, 0.29) is 18.5 Å². The van der Waals surface area contributed by atoms with Crippen LogP contribution in [0.25, 0.3) is 0 Å². The molecule has 1 heterocycles. The first-order chi connectivity index (χ1) is 8.38. The van der Waals surface area contributed by atoms with E-state index in [1.54, 1.807) is 13.8 Å². The number of aromatic nitrogens is 2. The molecule has 1 aromatic heterocycles. The maximum Gasteiger partial charge on any atom is 0.328 e. The van der Waals surface area contributed by atoms with Gasteiger partial charge in [-0.3, -0.25) is 19.1 Å². The van der Waals surface area contributed by atoms with Gasteiger partial charge in [0.25, 0.3) is 5.56 Å². The smallest absolute Gasteiger partial charge is 0.328 e. The van der Waals surface area contributed by atoms with Crippen molar-refractivity contribution < 1.29 is 9.90 Å². The molecule has 0 fully saturated rings. The monoisotopic (exact) mass is 255 g/mol. The minimum atomic E-state index is -0.624. The largest absolute Gasteiger partial charge is 0.393 e. The summed E-state index contributed by atoms with van der Waals surface area (Å²) in [6.45, 7) is 3.23. The van der Waals surface area contributed by atoms with Crippen molar-refractivity contribution in [2.45, 2.75) is 39.0 Å². The number of amides is 1. The lowest BCUT2D eigenvalue weighted by Crippen LogP contribution is -2.39. The second-order valence-electron chi connectivity index (χ2n) is 4.29. The zero-order chi connectivity index (χ0) is 13.7. The van der Waals surface area contributed by atoms with Gasteiger partial charge < -0.3 is 10.4 Å². The first kappa shape index (κ1) is 14.2. The average Bonchev–Trinajstić information content (AvgIpc) is 2.20. The number of rotatable bonds is 5. The summed E-state index contributed by atoms with van der Waals surface area (Å²) in [5, 5.41) is 11.8. The maximum absolute atomic E-state index is 11.6. The number of carbonyl (C=O) groups is 1. The Labute approximate surface area is 103 Å². The molecule has 0 saturated carbocycles. The van der Waals surface area contributed by atoms with Gasteiger partial charge in [-0.2, -0.15) is 0 Å². The molecule has 7 nitrogen and oxygen atoms in total. The van der Waals surface area contributed by atoms with Crippen LogP contribution in [0.15, 0.2) is 21.9 Å². The molecule has 0 aliphatic carbocycles. The lowest BCUT2D eigenvalue weighted by Gasteiger charge is -2.15. The van der Waals surface area contributed by atoms with Gasteiger partial charge in [-0.1, -0.05) is 0 Å². The zero-order valence-electron chi connectivity index (χ0n) is 10.3. The molecular formula is C11H17N3O4. The molecule has 0 aromatic carbocycles. The molecule has 1 rings (SSSR count). The van der Waals surface area contributed by atoms with Crippen molar-refractivity contribution in [1.82, 2.24) is 14.9 Å². The molecule has 0 radical (unpaired) electrons. The molecule has 18 heavy (non-hydrogen) atoms. The fraction of sp³-hybridized carbons (Fsp3) is 0.545. The number of aliphatic hydroxyl groups excluding tert-OH is 1. The highest BCUT2D eigenvalue weighted by molar-refractivity contribution is 5.75. The lowest BCUT2D eigenvalue weighted by atomic mass is 10.1. The number of carbonyl (C=O) groups excluding carboxylic acids is 1. The van der Waals surface area contributed by atoms with Gasteiger partial charge in [0.05, 0.1) is 6.10 Å². The van der Waals surface area contributed by atoms with Crippen molar-refractivity contribution >= 4 is 5.91 Å². The van der Waals surface area contributed by atoms with Gasteiger partial charge in [0.1, 0.15) is 6.54 Å². The van der Waals surface area contributed by atoms with Crippen LogP contribution in [0.3, 0.4) is 0 Å². The van der Waals surface area contributed by atoms with Crippen molar-refractivity contribution in [3.63, 3.8) is 0 Å². The molecule has 1 aromatic rings. The van der Waals surface area contributed by atoms with Crippen molar-refractivity contribution in [1.29, 1.82) is 0 Å². The molecule has 0 aliphatic heterocycles. The molecule has 7 heteroatoms. The van der Waals surface area contributed by atoms with E-state index in [0.29, 0.717) is 6.42 Å². The SMILES string of the molecule is CC(O)CC(C)NC(=O)Cn1ccc(=O)[nH]c1=O. The Hall–Kier alpha value is -1.89. The molecule has 2 atom stereocenters. The van der Waals surface area contributed by atoms with Crippen LogP contribution < -0.4 is 16.6 Å². The number of H-pyrrole nitrogens is 1. The lowest BCUT2D eigenvalue weighted by molar-refractivity contribution is -0.122. The number of nitrogens with zero attached hydrogens (tertiary/aromatic N) is 1. The third-order valence-corrected chi connectivity index (χ3v) is 2.31. The van der Waals surface area contributed by atoms with E-state index in [2.05, 4.69) is 10.3 Å². The Morgan fingerprint density at radius 3 is 2.72 bits per heavy atom. The summed E-state index contributed by atoms with van der Waals surface area (Å²) in [4.78, 5) is 35.8. The maximum atomic E-state index is 11.6. The molecule has 0 saturated heterocycles. The Bertz CT molecular complexity index is 518. The van der Waals surface area contributed by atoms with E-state index in [0.717, 1.165) is 4.57 Å². The normalized spacial score (nSPS) is 13.9. The second-order valence-corrected chi connectivity index (χ2v) is 4.29. The summed E-state index contributed by atoms with van der Waals surface area (Å²) in [7, 11) is 0. The standard InChI is InChI=1S/C11H17N3O4/c1-7(5-8(2)15)12-10(17)6-14-4-3-9(16)13-11(14)18/h3-4,7-8,15H,5-6H2,1-2H3,(H,12,17)(H,13,16,18). The van der Waals surface area contributed by atoms with Gasteiger partial charge in [-0.25, -0.2) is 4.79 Å². The van der Waals surface area contributed by atoms with E-state index >= 15 is 0 Å². The van der Waals surface area contributed by atoms with Gasteiger partial charge in [0.2, 0.25) is 5.91 Å². The average molecular weight is 255 g/mol. The Balaban J connectivity index is 2.60. The zero-order valence-corrected chi connectivity index (χ0v) is 10.3. The van der Waals surface area contributed by atoms with Crippen LogP contribution >= 0.6 is 0 Å². The van der Waals surface area contributed by atoms with Crippen molar-refractivity contribution in [2.75, 3.05) is 0 Å². The summed E-state index contributed by atoms with van der Waals surface area (Å²) < 4.78 is 1.10. The first-order valence-electron chi connectivity index (χ1n) is 5.65. The van der Waals surface area contributed by atoms with Crippen molar-refractivity contribution in [2.24, 2.45) is 0 Å². The summed E-state index contributed by atoms with van der Waals surface area (Å²) in [5.74, 6) is -0.350. The Kier molecular flexibility index (Phi) is 4.85. The van der Waals surface area contributed by atoms with Crippen LogP contribution in [0.1, 0.15) is 20.3 Å². The van der Waals surface area contributed by atoms with Gasteiger partial charge in [0.15, 0.2) is 0 Å². The number of aromatic amines is 1. The van der Waals surface area contributed by atoms with Gasteiger partial charge in [-0.15, -0.1) is 0 Å². The van der Waals surface area contributed by atoms with Crippen molar-refractivity contribution in [3.05, 3.63) is 33.1 Å². The molecule has 0 bridgehead atoms. The number of aliphatic hydroxyl groups is 1. The van der Waals surface area contributed by atoms with Gasteiger partial charge in [0, 0.05) is 18.3 Å².